The van der Waals surface area contributed by atoms with Crippen LogP contribution in [0.2, 0.25) is 0 Å². The SMILES string of the molecule is CC(C)(C(=O)Nc1cnn(C(C)(C)C(=O)O)c1)c1ccc(OC(F)(F)F)cc1. The number of rotatable bonds is 6. The van der Waals surface area contributed by atoms with Gasteiger partial charge >= 0.3 is 12.3 Å². The molecule has 0 aliphatic heterocycles. The van der Waals surface area contributed by atoms with E-state index in [0.29, 0.717) is 11.3 Å². The van der Waals surface area contributed by atoms with Crippen molar-refractivity contribution in [3.63, 3.8) is 0 Å². The summed E-state index contributed by atoms with van der Waals surface area (Å²) >= 11 is 0. The van der Waals surface area contributed by atoms with Crippen LogP contribution >= 0.6 is 0 Å². The molecule has 0 radical (unpaired) electrons. The standard InChI is InChI=1S/C18H20F3N3O4/c1-16(2,11-5-7-13(8-6-11)28-18(19,20)21)14(25)23-12-9-22-24(10-12)17(3,4)15(26)27/h5-10H,1-4H3,(H,23,25)(H,26,27). The van der Waals surface area contributed by atoms with E-state index < -0.39 is 29.2 Å². The van der Waals surface area contributed by atoms with Crippen molar-refractivity contribution < 1.29 is 32.6 Å². The molecular weight excluding hydrogens is 379 g/mol. The van der Waals surface area contributed by atoms with E-state index in [0.717, 1.165) is 12.1 Å². The molecule has 0 aliphatic carbocycles. The van der Waals surface area contributed by atoms with Crippen LogP contribution < -0.4 is 10.1 Å². The molecule has 0 spiro atoms. The third-order valence-electron chi connectivity index (χ3n) is 4.31. The Morgan fingerprint density at radius 2 is 1.68 bits per heavy atom. The van der Waals surface area contributed by atoms with Crippen molar-refractivity contribution in [3.05, 3.63) is 42.2 Å². The molecule has 0 atom stereocenters. The van der Waals surface area contributed by atoms with Crippen LogP contribution in [0, 0.1) is 0 Å². The van der Waals surface area contributed by atoms with Crippen LogP contribution in [0.15, 0.2) is 36.7 Å². The Labute approximate surface area is 159 Å². The molecule has 0 fully saturated rings. The number of aliphatic carboxylic acids is 1. The molecule has 0 bridgehead atoms. The minimum absolute atomic E-state index is 0.296. The molecule has 7 nitrogen and oxygen atoms in total. The van der Waals surface area contributed by atoms with Crippen molar-refractivity contribution in [1.82, 2.24) is 9.78 Å². The summed E-state index contributed by atoms with van der Waals surface area (Å²) in [6.07, 6.45) is -2.08. The molecule has 1 aromatic heterocycles. The normalized spacial score (nSPS) is 12.5. The Bertz CT molecular complexity index is 871. The van der Waals surface area contributed by atoms with Crippen molar-refractivity contribution in [1.29, 1.82) is 0 Å². The highest BCUT2D eigenvalue weighted by Gasteiger charge is 2.34. The molecule has 2 rings (SSSR count). The highest BCUT2D eigenvalue weighted by Crippen LogP contribution is 2.29. The lowest BCUT2D eigenvalue weighted by Gasteiger charge is -2.24. The molecule has 2 N–H and O–H groups in total. The maximum Gasteiger partial charge on any atom is 0.573 e. The number of hydrogen-bond donors (Lipinski definition) is 2. The van der Waals surface area contributed by atoms with Gasteiger partial charge in [-0.05, 0) is 45.4 Å². The average Bonchev–Trinajstić information content (AvgIpc) is 3.03. The summed E-state index contributed by atoms with van der Waals surface area (Å²) in [5.74, 6) is -1.91. The number of carboxylic acid groups (broad SMARTS) is 1. The quantitative estimate of drug-likeness (QED) is 0.775. The van der Waals surface area contributed by atoms with E-state index in [9.17, 15) is 27.9 Å². The lowest BCUT2D eigenvalue weighted by molar-refractivity contribution is -0.274. The molecule has 1 amide bonds. The van der Waals surface area contributed by atoms with E-state index in [2.05, 4.69) is 15.2 Å². The highest BCUT2D eigenvalue weighted by molar-refractivity contribution is 5.98. The van der Waals surface area contributed by atoms with Crippen LogP contribution in [-0.4, -0.2) is 33.1 Å². The molecule has 152 valence electrons. The van der Waals surface area contributed by atoms with Crippen molar-refractivity contribution >= 4 is 17.6 Å². The molecular formula is C18H20F3N3O4. The summed E-state index contributed by atoms with van der Waals surface area (Å²) in [5, 5.41) is 15.8. The Kier molecular flexibility index (Phi) is 5.45. The number of nitrogens with zero attached hydrogens (tertiary/aromatic N) is 2. The fraction of sp³-hybridized carbons (Fsp3) is 0.389. The number of carbonyl (C=O) groups is 2. The largest absolute Gasteiger partial charge is 0.573 e. The van der Waals surface area contributed by atoms with Gasteiger partial charge in [-0.2, -0.15) is 5.10 Å². The van der Waals surface area contributed by atoms with Gasteiger partial charge in [0.15, 0.2) is 5.54 Å². The smallest absolute Gasteiger partial charge is 0.479 e. The molecule has 2 aromatic rings. The van der Waals surface area contributed by atoms with E-state index in [4.69, 9.17) is 0 Å². The predicted octanol–water partition coefficient (Wildman–Crippen LogP) is 3.52. The minimum Gasteiger partial charge on any atom is -0.479 e. The summed E-state index contributed by atoms with van der Waals surface area (Å²) in [6.45, 7) is 6.13. The van der Waals surface area contributed by atoms with Gasteiger partial charge in [0.1, 0.15) is 5.75 Å². The number of anilines is 1. The maximum absolute atomic E-state index is 12.7. The Morgan fingerprint density at radius 1 is 1.11 bits per heavy atom. The van der Waals surface area contributed by atoms with E-state index in [1.54, 1.807) is 13.8 Å². The number of amides is 1. The Balaban J connectivity index is 2.15. The zero-order chi connectivity index (χ0) is 21.3. The van der Waals surface area contributed by atoms with Crippen LogP contribution in [0.1, 0.15) is 33.3 Å². The zero-order valence-corrected chi connectivity index (χ0v) is 15.7. The van der Waals surface area contributed by atoms with Crippen LogP contribution in [0.5, 0.6) is 5.75 Å². The maximum atomic E-state index is 12.7. The Morgan fingerprint density at radius 3 is 2.18 bits per heavy atom. The van der Waals surface area contributed by atoms with Crippen LogP contribution in [0.3, 0.4) is 0 Å². The second kappa shape index (κ2) is 7.17. The second-order valence-corrected chi connectivity index (χ2v) is 7.19. The van der Waals surface area contributed by atoms with E-state index in [-0.39, 0.29) is 5.75 Å². The highest BCUT2D eigenvalue weighted by atomic mass is 19.4. The second-order valence-electron chi connectivity index (χ2n) is 7.19. The summed E-state index contributed by atoms with van der Waals surface area (Å²) in [6, 6.07) is 5.01. The lowest BCUT2D eigenvalue weighted by Crippen LogP contribution is -2.36. The summed E-state index contributed by atoms with van der Waals surface area (Å²) in [4.78, 5) is 23.9. The molecule has 28 heavy (non-hydrogen) atoms. The third-order valence-corrected chi connectivity index (χ3v) is 4.31. The third kappa shape index (κ3) is 4.62. The van der Waals surface area contributed by atoms with Gasteiger partial charge in [0, 0.05) is 6.20 Å². The van der Waals surface area contributed by atoms with Gasteiger partial charge in [-0.1, -0.05) is 12.1 Å². The van der Waals surface area contributed by atoms with Crippen molar-refractivity contribution in [2.24, 2.45) is 0 Å². The average molecular weight is 399 g/mol. The first-order valence-corrected chi connectivity index (χ1v) is 8.20. The molecule has 1 aromatic carbocycles. The van der Waals surface area contributed by atoms with Crippen molar-refractivity contribution in [2.75, 3.05) is 5.32 Å². The number of carbonyl (C=O) groups excluding carboxylic acids is 1. The van der Waals surface area contributed by atoms with E-state index in [1.165, 1.54) is 43.1 Å². The summed E-state index contributed by atoms with van der Waals surface area (Å²) in [5.41, 5.74) is -1.62. The van der Waals surface area contributed by atoms with Gasteiger partial charge in [0.2, 0.25) is 5.91 Å². The number of hydrogen-bond acceptors (Lipinski definition) is 4. The topological polar surface area (TPSA) is 93.5 Å². The Hall–Kier alpha value is -3.04. The van der Waals surface area contributed by atoms with Gasteiger partial charge in [-0.15, -0.1) is 13.2 Å². The monoisotopic (exact) mass is 399 g/mol. The molecule has 0 unspecified atom stereocenters. The number of aromatic nitrogens is 2. The number of halogens is 3. The van der Waals surface area contributed by atoms with Crippen molar-refractivity contribution in [2.45, 2.75) is 45.0 Å². The van der Waals surface area contributed by atoms with Gasteiger partial charge in [-0.25, -0.2) is 4.79 Å². The number of carboxylic acids is 1. The van der Waals surface area contributed by atoms with Crippen LogP contribution in [0.4, 0.5) is 18.9 Å². The first-order chi connectivity index (χ1) is 12.7. The van der Waals surface area contributed by atoms with Gasteiger partial charge in [0.05, 0.1) is 17.3 Å². The van der Waals surface area contributed by atoms with Crippen LogP contribution in [-0.2, 0) is 20.5 Å². The first-order valence-electron chi connectivity index (χ1n) is 8.20. The van der Waals surface area contributed by atoms with E-state index in [1.807, 2.05) is 0 Å². The molecule has 0 saturated heterocycles. The molecule has 1 heterocycles. The number of ether oxygens (including phenoxy) is 1. The first kappa shape index (κ1) is 21.3. The number of alkyl halides is 3. The minimum atomic E-state index is -4.79. The zero-order valence-electron chi connectivity index (χ0n) is 15.7. The summed E-state index contributed by atoms with van der Waals surface area (Å²) in [7, 11) is 0. The predicted molar refractivity (Wildman–Crippen MR) is 94.0 cm³/mol. The molecule has 10 heteroatoms. The van der Waals surface area contributed by atoms with Gasteiger partial charge in [0.25, 0.3) is 0 Å². The molecule has 0 saturated carbocycles. The van der Waals surface area contributed by atoms with Crippen molar-refractivity contribution in [3.8, 4) is 5.75 Å². The van der Waals surface area contributed by atoms with Gasteiger partial charge < -0.3 is 15.2 Å². The molecule has 0 aliphatic rings. The van der Waals surface area contributed by atoms with Crippen LogP contribution in [0.25, 0.3) is 0 Å². The number of nitrogens with one attached hydrogen (secondary N) is 1. The lowest BCUT2D eigenvalue weighted by atomic mass is 9.83. The fourth-order valence-corrected chi connectivity index (χ4v) is 2.28. The van der Waals surface area contributed by atoms with Gasteiger partial charge in [-0.3, -0.25) is 9.48 Å². The fourth-order valence-electron chi connectivity index (χ4n) is 2.28. The summed E-state index contributed by atoms with van der Waals surface area (Å²) < 4.78 is 41.8. The van der Waals surface area contributed by atoms with E-state index >= 15 is 0 Å². The number of benzene rings is 1.